The molecule has 1 aromatic rings. The third-order valence-corrected chi connectivity index (χ3v) is 3.48. The number of ether oxygens (including phenoxy) is 3. The summed E-state index contributed by atoms with van der Waals surface area (Å²) in [5, 5.41) is 3.36. The van der Waals surface area contributed by atoms with E-state index in [9.17, 15) is 4.79 Å². The summed E-state index contributed by atoms with van der Waals surface area (Å²) in [5.74, 6) is 1.22. The number of carbonyl (C=O) groups is 1. The smallest absolute Gasteiger partial charge is 0.307 e. The molecule has 1 aromatic carbocycles. The van der Waals surface area contributed by atoms with Crippen molar-refractivity contribution in [1.29, 1.82) is 0 Å². The van der Waals surface area contributed by atoms with Crippen LogP contribution in [0.2, 0.25) is 0 Å². The van der Waals surface area contributed by atoms with Gasteiger partial charge < -0.3 is 19.5 Å². The Kier molecular flexibility index (Phi) is 4.84. The molecule has 0 saturated carbocycles. The number of carbonyl (C=O) groups excluding carboxylic acids is 1. The van der Waals surface area contributed by atoms with Crippen molar-refractivity contribution in [3.8, 4) is 11.5 Å². The third-order valence-electron chi connectivity index (χ3n) is 3.48. The lowest BCUT2D eigenvalue weighted by molar-refractivity contribution is -0.143. The Morgan fingerprint density at radius 2 is 2.00 bits per heavy atom. The van der Waals surface area contributed by atoms with Gasteiger partial charge in [0.1, 0.15) is 0 Å². The van der Waals surface area contributed by atoms with Crippen molar-refractivity contribution in [1.82, 2.24) is 5.32 Å². The highest BCUT2D eigenvalue weighted by atomic mass is 16.5. The molecule has 2 rings (SSSR count). The first-order valence-electron chi connectivity index (χ1n) is 6.83. The van der Waals surface area contributed by atoms with Crippen LogP contribution in [0.4, 0.5) is 0 Å². The zero-order chi connectivity index (χ0) is 14.5. The molecule has 20 heavy (non-hydrogen) atoms. The summed E-state index contributed by atoms with van der Waals surface area (Å²) in [7, 11) is 3.24. The molecule has 0 amide bonds. The minimum Gasteiger partial charge on any atom is -0.493 e. The van der Waals surface area contributed by atoms with Crippen molar-refractivity contribution in [3.05, 3.63) is 23.3 Å². The highest BCUT2D eigenvalue weighted by Gasteiger charge is 2.24. The van der Waals surface area contributed by atoms with Crippen LogP contribution in [0.15, 0.2) is 12.1 Å². The van der Waals surface area contributed by atoms with E-state index in [1.54, 1.807) is 14.2 Å². The quantitative estimate of drug-likeness (QED) is 0.834. The first-order chi connectivity index (χ1) is 9.69. The fraction of sp³-hybridized carbons (Fsp3) is 0.533. The van der Waals surface area contributed by atoms with Gasteiger partial charge in [0.2, 0.25) is 0 Å². The zero-order valence-corrected chi connectivity index (χ0v) is 12.2. The van der Waals surface area contributed by atoms with Gasteiger partial charge in [-0.2, -0.15) is 0 Å². The van der Waals surface area contributed by atoms with Crippen LogP contribution in [0.25, 0.3) is 0 Å². The van der Waals surface area contributed by atoms with Gasteiger partial charge in [-0.25, -0.2) is 0 Å². The first-order valence-corrected chi connectivity index (χ1v) is 6.83. The summed E-state index contributed by atoms with van der Waals surface area (Å²) in [6.45, 7) is 3.06. The molecule has 0 bridgehead atoms. The second-order valence-electron chi connectivity index (χ2n) is 4.67. The van der Waals surface area contributed by atoms with Crippen molar-refractivity contribution in [2.24, 2.45) is 0 Å². The predicted molar refractivity (Wildman–Crippen MR) is 75.2 cm³/mol. The van der Waals surface area contributed by atoms with Gasteiger partial charge in [0.25, 0.3) is 0 Å². The molecule has 0 unspecified atom stereocenters. The summed E-state index contributed by atoms with van der Waals surface area (Å²) < 4.78 is 15.7. The van der Waals surface area contributed by atoms with Gasteiger partial charge in [0.15, 0.2) is 11.5 Å². The largest absolute Gasteiger partial charge is 0.493 e. The predicted octanol–water partition coefficient (Wildman–Crippen LogP) is 1.84. The minimum absolute atomic E-state index is 0.0300. The van der Waals surface area contributed by atoms with E-state index >= 15 is 0 Å². The summed E-state index contributed by atoms with van der Waals surface area (Å²) in [4.78, 5) is 11.7. The van der Waals surface area contributed by atoms with E-state index in [1.165, 1.54) is 5.56 Å². The molecule has 5 nitrogen and oxygen atoms in total. The Balaban J connectivity index is 2.27. The summed E-state index contributed by atoms with van der Waals surface area (Å²) in [6, 6.07) is 3.91. The average molecular weight is 279 g/mol. The van der Waals surface area contributed by atoms with E-state index in [4.69, 9.17) is 14.2 Å². The fourth-order valence-corrected chi connectivity index (χ4v) is 2.54. The van der Waals surface area contributed by atoms with E-state index in [0.29, 0.717) is 18.8 Å². The molecule has 5 heteroatoms. The topological polar surface area (TPSA) is 56.8 Å². The molecule has 0 aliphatic carbocycles. The van der Waals surface area contributed by atoms with Crippen molar-refractivity contribution in [2.45, 2.75) is 25.8 Å². The van der Waals surface area contributed by atoms with Crippen LogP contribution >= 0.6 is 0 Å². The van der Waals surface area contributed by atoms with Gasteiger partial charge in [0, 0.05) is 6.04 Å². The molecule has 110 valence electrons. The molecule has 1 heterocycles. The maximum Gasteiger partial charge on any atom is 0.307 e. The molecule has 0 spiro atoms. The van der Waals surface area contributed by atoms with Gasteiger partial charge in [-0.05, 0) is 43.1 Å². The van der Waals surface area contributed by atoms with Gasteiger partial charge in [-0.1, -0.05) is 0 Å². The second kappa shape index (κ2) is 6.61. The molecule has 1 aliphatic rings. The summed E-state index contributed by atoms with van der Waals surface area (Å²) >= 11 is 0. The molecule has 1 N–H and O–H groups in total. The van der Waals surface area contributed by atoms with Gasteiger partial charge >= 0.3 is 5.97 Å². The Morgan fingerprint density at radius 3 is 2.65 bits per heavy atom. The molecule has 0 saturated heterocycles. The van der Waals surface area contributed by atoms with Gasteiger partial charge in [-0.3, -0.25) is 4.79 Å². The number of hydrogen-bond acceptors (Lipinski definition) is 5. The fourth-order valence-electron chi connectivity index (χ4n) is 2.54. The lowest BCUT2D eigenvalue weighted by Gasteiger charge is -2.27. The molecular formula is C15H21NO4. The molecule has 0 radical (unpaired) electrons. The van der Waals surface area contributed by atoms with E-state index in [1.807, 2.05) is 19.1 Å². The van der Waals surface area contributed by atoms with Crippen LogP contribution in [-0.4, -0.2) is 33.3 Å². The number of hydrogen-bond donors (Lipinski definition) is 1. The van der Waals surface area contributed by atoms with Crippen LogP contribution in [-0.2, 0) is 16.0 Å². The Morgan fingerprint density at radius 1 is 1.30 bits per heavy atom. The number of nitrogens with one attached hydrogen (secondary N) is 1. The van der Waals surface area contributed by atoms with Crippen molar-refractivity contribution in [3.63, 3.8) is 0 Å². The highest BCUT2D eigenvalue weighted by molar-refractivity contribution is 5.71. The molecule has 0 fully saturated rings. The third kappa shape index (κ3) is 3.04. The Bertz CT molecular complexity index is 487. The van der Waals surface area contributed by atoms with Crippen LogP contribution < -0.4 is 14.8 Å². The van der Waals surface area contributed by atoms with Crippen molar-refractivity contribution >= 4 is 5.97 Å². The number of methoxy groups -OCH3 is 2. The SMILES string of the molecule is CCOC(=O)C[C@H]1NCCc2cc(OC)c(OC)cc21. The highest BCUT2D eigenvalue weighted by Crippen LogP contribution is 2.36. The van der Waals surface area contributed by atoms with E-state index < -0.39 is 0 Å². The standard InChI is InChI=1S/C15H21NO4/c1-4-20-15(17)9-12-11-8-14(19-3)13(18-2)7-10(11)5-6-16-12/h7-8,12,16H,4-6,9H2,1-3H3/t12-/m1/s1. The average Bonchev–Trinajstić information content (AvgIpc) is 2.46. The Labute approximate surface area is 119 Å². The molecule has 0 aromatic heterocycles. The summed E-state index contributed by atoms with van der Waals surface area (Å²) in [6.07, 6.45) is 1.24. The van der Waals surface area contributed by atoms with Crippen LogP contribution in [0.1, 0.15) is 30.5 Å². The van der Waals surface area contributed by atoms with Crippen molar-refractivity contribution in [2.75, 3.05) is 27.4 Å². The van der Waals surface area contributed by atoms with Gasteiger partial charge in [0.05, 0.1) is 27.2 Å². The van der Waals surface area contributed by atoms with E-state index in [-0.39, 0.29) is 12.0 Å². The van der Waals surface area contributed by atoms with Crippen LogP contribution in [0, 0.1) is 0 Å². The monoisotopic (exact) mass is 279 g/mol. The lowest BCUT2D eigenvalue weighted by atomic mass is 9.92. The maximum atomic E-state index is 11.7. The molecule has 1 atom stereocenters. The summed E-state index contributed by atoms with van der Waals surface area (Å²) in [5.41, 5.74) is 2.28. The zero-order valence-electron chi connectivity index (χ0n) is 12.2. The van der Waals surface area contributed by atoms with Crippen LogP contribution in [0.3, 0.4) is 0 Å². The van der Waals surface area contributed by atoms with Crippen molar-refractivity contribution < 1.29 is 19.0 Å². The number of esters is 1. The van der Waals surface area contributed by atoms with E-state index in [0.717, 1.165) is 24.3 Å². The maximum absolute atomic E-state index is 11.7. The van der Waals surface area contributed by atoms with Gasteiger partial charge in [-0.15, -0.1) is 0 Å². The minimum atomic E-state index is -0.187. The number of fused-ring (bicyclic) bond motifs is 1. The van der Waals surface area contributed by atoms with E-state index in [2.05, 4.69) is 5.32 Å². The first kappa shape index (κ1) is 14.7. The number of benzene rings is 1. The molecular weight excluding hydrogens is 258 g/mol. The normalized spacial score (nSPS) is 17.2. The molecule has 1 aliphatic heterocycles. The Hall–Kier alpha value is -1.75. The second-order valence-corrected chi connectivity index (χ2v) is 4.67. The lowest BCUT2D eigenvalue weighted by Crippen LogP contribution is -2.32. The number of rotatable bonds is 5. The van der Waals surface area contributed by atoms with Crippen LogP contribution in [0.5, 0.6) is 11.5 Å².